The molecule has 0 N–H and O–H groups in total. The molecule has 158 valence electrons. The summed E-state index contributed by atoms with van der Waals surface area (Å²) >= 11 is -2.09. The Morgan fingerprint density at radius 1 is 0.741 bits per heavy atom. The van der Waals surface area contributed by atoms with Gasteiger partial charge in [-0.3, -0.25) is 4.21 Å². The van der Waals surface area contributed by atoms with E-state index in [2.05, 4.69) is 27.7 Å². The standard InChI is InChI=1S/C16H36N.C7H8O2S/c1-5-9-13-17(14-10-6-2,15-11-7-3)16-12-8-4;1-6-2-4-7(5-3-6)10(8)9/h5-16H2,1-4H3;2-5H,1H3,(H,8,9)/q+1;/p-1. The zero-order valence-electron chi connectivity index (χ0n) is 18.5. The minimum atomic E-state index is -2.09. The van der Waals surface area contributed by atoms with Crippen LogP contribution in [0.25, 0.3) is 0 Å². The molecule has 1 atom stereocenters. The van der Waals surface area contributed by atoms with Crippen LogP contribution in [0.2, 0.25) is 0 Å². The topological polar surface area (TPSA) is 40.1 Å². The molecule has 27 heavy (non-hydrogen) atoms. The van der Waals surface area contributed by atoms with Crippen LogP contribution in [0.15, 0.2) is 29.2 Å². The van der Waals surface area contributed by atoms with Gasteiger partial charge in [0.25, 0.3) is 0 Å². The number of hydrogen-bond acceptors (Lipinski definition) is 2. The maximum Gasteiger partial charge on any atom is 0.0786 e. The summed E-state index contributed by atoms with van der Waals surface area (Å²) < 4.78 is 22.0. The number of benzene rings is 1. The van der Waals surface area contributed by atoms with E-state index in [-0.39, 0.29) is 0 Å². The Balaban J connectivity index is 0.000000569. The molecule has 0 saturated heterocycles. The van der Waals surface area contributed by atoms with Gasteiger partial charge in [-0.25, -0.2) is 0 Å². The van der Waals surface area contributed by atoms with Crippen molar-refractivity contribution in [2.45, 2.75) is 90.9 Å². The molecule has 1 rings (SSSR count). The fraction of sp³-hybridized carbons (Fsp3) is 0.739. The van der Waals surface area contributed by atoms with Gasteiger partial charge in [0.05, 0.1) is 26.2 Å². The van der Waals surface area contributed by atoms with E-state index in [0.29, 0.717) is 4.90 Å². The summed E-state index contributed by atoms with van der Waals surface area (Å²) in [5, 5.41) is 0. The molecule has 0 aliphatic carbocycles. The number of aryl methyl sites for hydroxylation is 1. The molecule has 1 aromatic rings. The van der Waals surface area contributed by atoms with Gasteiger partial charge < -0.3 is 9.04 Å². The first-order chi connectivity index (χ1) is 12.9. The van der Waals surface area contributed by atoms with Crippen molar-refractivity contribution in [3.63, 3.8) is 0 Å². The summed E-state index contributed by atoms with van der Waals surface area (Å²) in [5.41, 5.74) is 1.06. The lowest BCUT2D eigenvalue weighted by atomic mass is 10.1. The van der Waals surface area contributed by atoms with Crippen molar-refractivity contribution in [3.05, 3.63) is 29.8 Å². The Labute approximate surface area is 171 Å². The third kappa shape index (κ3) is 12.4. The highest BCUT2D eigenvalue weighted by Gasteiger charge is 2.24. The Hall–Kier alpha value is -0.710. The van der Waals surface area contributed by atoms with Crippen molar-refractivity contribution < 1.29 is 13.2 Å². The molecule has 0 amide bonds. The van der Waals surface area contributed by atoms with Gasteiger partial charge in [-0.15, -0.1) is 0 Å². The highest BCUT2D eigenvalue weighted by molar-refractivity contribution is 7.79. The summed E-state index contributed by atoms with van der Waals surface area (Å²) in [6, 6.07) is 6.70. The van der Waals surface area contributed by atoms with Gasteiger partial charge in [-0.2, -0.15) is 0 Å². The highest BCUT2D eigenvalue weighted by Crippen LogP contribution is 2.16. The lowest BCUT2D eigenvalue weighted by Crippen LogP contribution is -2.50. The smallest absolute Gasteiger partial charge is 0.0786 e. The molecule has 4 heteroatoms. The van der Waals surface area contributed by atoms with Crippen LogP contribution >= 0.6 is 0 Å². The third-order valence-corrected chi connectivity index (χ3v) is 5.81. The minimum Gasteiger partial charge on any atom is -0.768 e. The van der Waals surface area contributed by atoms with Crippen LogP contribution in [0.5, 0.6) is 0 Å². The normalized spacial score (nSPS) is 12.4. The maximum atomic E-state index is 10.3. The lowest BCUT2D eigenvalue weighted by Gasteiger charge is -2.39. The average Bonchev–Trinajstić information content (AvgIpc) is 2.68. The average molecular weight is 398 g/mol. The zero-order chi connectivity index (χ0) is 20.5. The van der Waals surface area contributed by atoms with Crippen molar-refractivity contribution in [2.75, 3.05) is 26.2 Å². The van der Waals surface area contributed by atoms with Gasteiger partial charge in [0.2, 0.25) is 0 Å². The van der Waals surface area contributed by atoms with Gasteiger partial charge >= 0.3 is 0 Å². The van der Waals surface area contributed by atoms with Gasteiger partial charge in [0.1, 0.15) is 0 Å². The molecule has 0 heterocycles. The predicted molar refractivity (Wildman–Crippen MR) is 118 cm³/mol. The van der Waals surface area contributed by atoms with Crippen molar-refractivity contribution >= 4 is 11.1 Å². The van der Waals surface area contributed by atoms with Crippen LogP contribution < -0.4 is 0 Å². The van der Waals surface area contributed by atoms with E-state index in [1.54, 1.807) is 24.3 Å². The lowest BCUT2D eigenvalue weighted by molar-refractivity contribution is -0.929. The van der Waals surface area contributed by atoms with E-state index < -0.39 is 11.1 Å². The molecule has 0 bridgehead atoms. The first-order valence-corrected chi connectivity index (χ1v) is 12.0. The molecule has 0 aromatic heterocycles. The first-order valence-electron chi connectivity index (χ1n) is 11.0. The molecule has 0 aliphatic rings. The van der Waals surface area contributed by atoms with Gasteiger partial charge in [0.15, 0.2) is 0 Å². The summed E-state index contributed by atoms with van der Waals surface area (Å²) in [6.07, 6.45) is 11.1. The third-order valence-electron chi connectivity index (χ3n) is 5.16. The number of nitrogens with zero attached hydrogens (tertiary/aromatic N) is 1. The van der Waals surface area contributed by atoms with E-state index in [4.69, 9.17) is 0 Å². The molecular weight excluding hydrogens is 354 g/mol. The molecule has 0 saturated carbocycles. The van der Waals surface area contributed by atoms with E-state index >= 15 is 0 Å². The second kappa shape index (κ2) is 16.3. The van der Waals surface area contributed by atoms with E-state index in [1.165, 1.54) is 82.0 Å². The fourth-order valence-corrected chi connectivity index (χ4v) is 3.65. The number of unbranched alkanes of at least 4 members (excludes halogenated alkanes) is 4. The maximum absolute atomic E-state index is 10.3. The van der Waals surface area contributed by atoms with Crippen LogP contribution in [0.3, 0.4) is 0 Å². The predicted octanol–water partition coefficient (Wildman–Crippen LogP) is 6.24. The second-order valence-corrected chi connectivity index (χ2v) is 8.64. The minimum absolute atomic E-state index is 0.339. The van der Waals surface area contributed by atoms with E-state index in [1.807, 2.05) is 6.92 Å². The Bertz CT molecular complexity index is 450. The van der Waals surface area contributed by atoms with Gasteiger partial charge in [-0.1, -0.05) is 71.1 Å². The number of hydrogen-bond donors (Lipinski definition) is 0. The van der Waals surface area contributed by atoms with Gasteiger partial charge in [0, 0.05) is 4.90 Å². The summed E-state index contributed by atoms with van der Waals surface area (Å²) in [4.78, 5) is 0.339. The molecule has 3 nitrogen and oxygen atoms in total. The Morgan fingerprint density at radius 2 is 1.07 bits per heavy atom. The molecule has 0 fully saturated rings. The fourth-order valence-electron chi connectivity index (χ4n) is 3.29. The Kier molecular flexibility index (Phi) is 15.8. The van der Waals surface area contributed by atoms with Crippen LogP contribution in [-0.2, 0) is 11.1 Å². The van der Waals surface area contributed by atoms with E-state index in [9.17, 15) is 8.76 Å². The number of rotatable bonds is 13. The summed E-state index contributed by atoms with van der Waals surface area (Å²) in [7, 11) is 0. The SMILES string of the molecule is CCCC[N+](CCCC)(CCCC)CCCC.Cc1ccc(S(=O)[O-])cc1. The molecule has 0 aliphatic heterocycles. The molecular formula is C23H43NO2S. The zero-order valence-corrected chi connectivity index (χ0v) is 19.3. The van der Waals surface area contributed by atoms with Crippen LogP contribution in [-0.4, -0.2) is 39.4 Å². The van der Waals surface area contributed by atoms with Crippen molar-refractivity contribution in [2.24, 2.45) is 0 Å². The quantitative estimate of drug-likeness (QED) is 0.292. The summed E-state index contributed by atoms with van der Waals surface area (Å²) in [6.45, 7) is 16.9. The van der Waals surface area contributed by atoms with Crippen molar-refractivity contribution in [1.29, 1.82) is 0 Å². The molecule has 1 aromatic carbocycles. The number of quaternary nitrogens is 1. The second-order valence-electron chi connectivity index (χ2n) is 7.70. The molecule has 0 spiro atoms. The first kappa shape index (κ1) is 26.3. The molecule has 0 radical (unpaired) electrons. The van der Waals surface area contributed by atoms with Crippen molar-refractivity contribution in [1.82, 2.24) is 0 Å². The van der Waals surface area contributed by atoms with Crippen LogP contribution in [0.1, 0.15) is 84.6 Å². The monoisotopic (exact) mass is 397 g/mol. The van der Waals surface area contributed by atoms with Crippen LogP contribution in [0.4, 0.5) is 0 Å². The largest absolute Gasteiger partial charge is 0.768 e. The van der Waals surface area contributed by atoms with Crippen molar-refractivity contribution in [3.8, 4) is 0 Å². The van der Waals surface area contributed by atoms with Crippen LogP contribution in [0, 0.1) is 6.92 Å². The Morgan fingerprint density at radius 3 is 1.33 bits per heavy atom. The van der Waals surface area contributed by atoms with Gasteiger partial charge in [-0.05, 0) is 55.8 Å². The van der Waals surface area contributed by atoms with E-state index in [0.717, 1.165) is 5.56 Å². The highest BCUT2D eigenvalue weighted by atomic mass is 32.2. The molecule has 1 unspecified atom stereocenters. The summed E-state index contributed by atoms with van der Waals surface area (Å²) in [5.74, 6) is 0.